The van der Waals surface area contributed by atoms with Crippen molar-refractivity contribution >= 4 is 42.3 Å². The fourth-order valence-electron chi connectivity index (χ4n) is 8.07. The molecule has 1 aliphatic rings. The highest BCUT2D eigenvalue weighted by Crippen LogP contribution is 2.53. The van der Waals surface area contributed by atoms with Crippen molar-refractivity contribution in [2.45, 2.75) is 19.3 Å². The minimum atomic E-state index is -0.0544. The fraction of sp³-hybridized carbons (Fsp3) is 0.0638. The summed E-state index contributed by atoms with van der Waals surface area (Å²) in [5, 5.41) is 4.94. The number of fused-ring (bicyclic) bond motifs is 7. The van der Waals surface area contributed by atoms with E-state index in [0.717, 1.165) is 33.9 Å². The summed E-state index contributed by atoms with van der Waals surface area (Å²) in [6, 6.07) is 57.0. The van der Waals surface area contributed by atoms with E-state index in [-0.39, 0.29) is 5.41 Å². The van der Waals surface area contributed by atoms with Crippen LogP contribution in [0.15, 0.2) is 158 Å². The molecule has 0 spiro atoms. The molecule has 50 heavy (non-hydrogen) atoms. The Balaban J connectivity index is 1.19. The van der Waals surface area contributed by atoms with Crippen LogP contribution in [-0.4, -0.2) is 9.97 Å². The van der Waals surface area contributed by atoms with Gasteiger partial charge in [-0.1, -0.05) is 147 Å². The van der Waals surface area contributed by atoms with E-state index >= 15 is 0 Å². The molecule has 0 unspecified atom stereocenters. The SMILES string of the molecule is CC1(C)c2ccccc2-c2c(-c3ccc(-c4cc(-c5ccc6sc7ccccc7c6c5)nc(-c5ccccc5)n4)c4ccccc34)cccc21. The van der Waals surface area contributed by atoms with Gasteiger partial charge in [-0.15, -0.1) is 11.3 Å². The van der Waals surface area contributed by atoms with Crippen LogP contribution in [0, 0.1) is 0 Å². The largest absolute Gasteiger partial charge is 0.228 e. The lowest BCUT2D eigenvalue weighted by Gasteiger charge is -2.22. The molecule has 0 fully saturated rings. The zero-order chi connectivity index (χ0) is 33.4. The van der Waals surface area contributed by atoms with Gasteiger partial charge in [0.2, 0.25) is 0 Å². The average molecular weight is 657 g/mol. The molecular formula is C47H32N2S. The summed E-state index contributed by atoms with van der Waals surface area (Å²) in [6.07, 6.45) is 0. The number of aromatic nitrogens is 2. The van der Waals surface area contributed by atoms with Crippen LogP contribution in [0.2, 0.25) is 0 Å². The molecule has 2 aromatic heterocycles. The standard InChI is InChI=1S/C47H32N2S/c1-47(2)39-20-10-8-18-37(39)45-36(19-12-21-40(45)47)33-24-25-34(32-16-7-6-15-31(32)33)42-28-41(48-46(49-42)29-13-4-3-5-14-29)30-23-26-44-38(27-30)35-17-9-11-22-43(35)50-44/h3-28H,1-2H3. The Hall–Kier alpha value is -5.90. The molecule has 236 valence electrons. The molecule has 10 rings (SSSR count). The van der Waals surface area contributed by atoms with Gasteiger partial charge in [0.05, 0.1) is 11.4 Å². The molecular weight excluding hydrogens is 625 g/mol. The predicted octanol–water partition coefficient (Wildman–Crippen LogP) is 13.0. The smallest absolute Gasteiger partial charge is 0.160 e. The van der Waals surface area contributed by atoms with Gasteiger partial charge in [0.25, 0.3) is 0 Å². The molecule has 0 amide bonds. The van der Waals surface area contributed by atoms with E-state index in [4.69, 9.17) is 9.97 Å². The summed E-state index contributed by atoms with van der Waals surface area (Å²) in [5.41, 5.74) is 12.9. The highest BCUT2D eigenvalue weighted by Gasteiger charge is 2.36. The third-order valence-corrected chi connectivity index (χ3v) is 11.7. The van der Waals surface area contributed by atoms with Crippen LogP contribution in [0.4, 0.5) is 0 Å². The van der Waals surface area contributed by atoms with Crippen LogP contribution in [0.5, 0.6) is 0 Å². The summed E-state index contributed by atoms with van der Waals surface area (Å²) >= 11 is 1.84. The van der Waals surface area contributed by atoms with Gasteiger partial charge in [0, 0.05) is 42.3 Å². The number of hydrogen-bond donors (Lipinski definition) is 0. The van der Waals surface area contributed by atoms with Crippen molar-refractivity contribution in [1.29, 1.82) is 0 Å². The first-order valence-corrected chi connectivity index (χ1v) is 18.0. The van der Waals surface area contributed by atoms with Gasteiger partial charge in [0.1, 0.15) is 0 Å². The quantitative estimate of drug-likeness (QED) is 0.188. The second-order valence-corrected chi connectivity index (χ2v) is 14.8. The molecule has 2 nitrogen and oxygen atoms in total. The third kappa shape index (κ3) is 4.40. The summed E-state index contributed by atoms with van der Waals surface area (Å²) < 4.78 is 2.59. The maximum atomic E-state index is 5.25. The minimum absolute atomic E-state index is 0.0544. The molecule has 2 heterocycles. The Bertz CT molecular complexity index is 2790. The van der Waals surface area contributed by atoms with Crippen molar-refractivity contribution in [2.24, 2.45) is 0 Å². The first-order chi connectivity index (χ1) is 24.5. The molecule has 0 saturated carbocycles. The lowest BCUT2D eigenvalue weighted by molar-refractivity contribution is 0.660. The van der Waals surface area contributed by atoms with E-state index < -0.39 is 0 Å². The summed E-state index contributed by atoms with van der Waals surface area (Å²) in [5.74, 6) is 0.723. The van der Waals surface area contributed by atoms with Crippen molar-refractivity contribution < 1.29 is 0 Å². The molecule has 0 atom stereocenters. The van der Waals surface area contributed by atoms with Gasteiger partial charge >= 0.3 is 0 Å². The lowest BCUT2D eigenvalue weighted by Crippen LogP contribution is -2.14. The number of thiophene rings is 1. The van der Waals surface area contributed by atoms with Crippen LogP contribution in [0.25, 0.3) is 87.1 Å². The maximum absolute atomic E-state index is 5.25. The van der Waals surface area contributed by atoms with Crippen molar-refractivity contribution in [3.05, 3.63) is 169 Å². The predicted molar refractivity (Wildman–Crippen MR) is 212 cm³/mol. The third-order valence-electron chi connectivity index (χ3n) is 10.5. The van der Waals surface area contributed by atoms with Crippen LogP contribution in [0.1, 0.15) is 25.0 Å². The van der Waals surface area contributed by atoms with Gasteiger partial charge in [-0.25, -0.2) is 9.97 Å². The van der Waals surface area contributed by atoms with Crippen molar-refractivity contribution in [3.8, 4) is 56.2 Å². The van der Waals surface area contributed by atoms with E-state index in [1.807, 2.05) is 17.4 Å². The van der Waals surface area contributed by atoms with Gasteiger partial charge < -0.3 is 0 Å². The zero-order valence-corrected chi connectivity index (χ0v) is 28.6. The molecule has 0 aliphatic heterocycles. The highest BCUT2D eigenvalue weighted by molar-refractivity contribution is 7.25. The second-order valence-electron chi connectivity index (χ2n) is 13.7. The van der Waals surface area contributed by atoms with Crippen molar-refractivity contribution in [1.82, 2.24) is 9.97 Å². The molecule has 7 aromatic carbocycles. The van der Waals surface area contributed by atoms with Crippen LogP contribution in [-0.2, 0) is 5.41 Å². The number of nitrogens with zero attached hydrogens (tertiary/aromatic N) is 2. The Morgan fingerprint density at radius 1 is 0.420 bits per heavy atom. The molecule has 1 aliphatic carbocycles. The lowest BCUT2D eigenvalue weighted by atomic mass is 9.81. The first kappa shape index (κ1) is 29.1. The second kappa shape index (κ2) is 11.1. The first-order valence-electron chi connectivity index (χ1n) is 17.2. The summed E-state index contributed by atoms with van der Waals surface area (Å²) in [4.78, 5) is 10.4. The van der Waals surface area contributed by atoms with Gasteiger partial charge in [-0.2, -0.15) is 0 Å². The normalized spacial score (nSPS) is 13.2. The maximum Gasteiger partial charge on any atom is 0.160 e. The number of rotatable bonds is 4. The molecule has 0 N–H and O–H groups in total. The van der Waals surface area contributed by atoms with E-state index in [9.17, 15) is 0 Å². The zero-order valence-electron chi connectivity index (χ0n) is 27.8. The Morgan fingerprint density at radius 3 is 1.92 bits per heavy atom. The van der Waals surface area contributed by atoms with Crippen LogP contribution < -0.4 is 0 Å². The van der Waals surface area contributed by atoms with Crippen molar-refractivity contribution in [3.63, 3.8) is 0 Å². The van der Waals surface area contributed by atoms with Crippen molar-refractivity contribution in [2.75, 3.05) is 0 Å². The summed E-state index contributed by atoms with van der Waals surface area (Å²) in [7, 11) is 0. The van der Waals surface area contributed by atoms with Gasteiger partial charge in [-0.05, 0) is 68.4 Å². The Kier molecular flexibility index (Phi) is 6.43. The Labute approximate surface area is 295 Å². The molecule has 0 radical (unpaired) electrons. The number of hydrogen-bond acceptors (Lipinski definition) is 3. The Morgan fingerprint density at radius 2 is 1.06 bits per heavy atom. The van der Waals surface area contributed by atoms with E-state index in [1.165, 1.54) is 64.3 Å². The molecule has 9 aromatic rings. The van der Waals surface area contributed by atoms with Gasteiger partial charge in [0.15, 0.2) is 5.82 Å². The fourth-order valence-corrected chi connectivity index (χ4v) is 9.16. The highest BCUT2D eigenvalue weighted by atomic mass is 32.1. The minimum Gasteiger partial charge on any atom is -0.228 e. The van der Waals surface area contributed by atoms with Gasteiger partial charge in [-0.3, -0.25) is 0 Å². The van der Waals surface area contributed by atoms with Crippen LogP contribution in [0.3, 0.4) is 0 Å². The molecule has 3 heteroatoms. The summed E-state index contributed by atoms with van der Waals surface area (Å²) in [6.45, 7) is 4.69. The monoisotopic (exact) mass is 656 g/mol. The van der Waals surface area contributed by atoms with E-state index in [1.54, 1.807) is 0 Å². The van der Waals surface area contributed by atoms with E-state index in [2.05, 4.69) is 166 Å². The van der Waals surface area contributed by atoms with E-state index in [0.29, 0.717) is 0 Å². The number of benzene rings is 7. The molecule has 0 saturated heterocycles. The molecule has 0 bridgehead atoms. The average Bonchev–Trinajstić information content (AvgIpc) is 3.66. The van der Waals surface area contributed by atoms with Crippen LogP contribution >= 0.6 is 11.3 Å². The topological polar surface area (TPSA) is 25.8 Å².